The van der Waals surface area contributed by atoms with Crippen LogP contribution in [0.2, 0.25) is 0 Å². The normalized spacial score (nSPS) is 15.5. The number of benzene rings is 5. The summed E-state index contributed by atoms with van der Waals surface area (Å²) < 4.78 is 2.79. The molecule has 8 rings (SSSR count). The van der Waals surface area contributed by atoms with E-state index in [9.17, 15) is 0 Å². The summed E-state index contributed by atoms with van der Waals surface area (Å²) in [5, 5.41) is 6.00. The van der Waals surface area contributed by atoms with Crippen molar-refractivity contribution >= 4 is 51.4 Å². The van der Waals surface area contributed by atoms with Crippen molar-refractivity contribution in [3.63, 3.8) is 0 Å². The molecule has 2 aliphatic rings. The highest BCUT2D eigenvalue weighted by Gasteiger charge is 2.49. The van der Waals surface area contributed by atoms with Crippen LogP contribution in [0.15, 0.2) is 109 Å². The molecule has 1 aliphatic carbocycles. The number of thiophene rings is 1. The van der Waals surface area contributed by atoms with Crippen molar-refractivity contribution < 1.29 is 0 Å². The fraction of sp³-hybridized carbons (Fsp3) is 0.0323. The minimum absolute atomic E-state index is 0.227. The van der Waals surface area contributed by atoms with Gasteiger partial charge >= 0.3 is 0 Å². The molecule has 154 valence electrons. The highest BCUT2D eigenvalue weighted by Crippen LogP contribution is 2.56. The molecule has 0 N–H and O–H groups in total. The third kappa shape index (κ3) is 2.16. The molecular weight excluding hydrogens is 432 g/mol. The maximum atomic E-state index is 2.55. The molecule has 0 saturated carbocycles. The Bertz CT molecular complexity index is 1710. The Morgan fingerprint density at radius 1 is 0.485 bits per heavy atom. The maximum absolute atomic E-state index is 2.55. The minimum atomic E-state index is -0.583. The predicted molar refractivity (Wildman–Crippen MR) is 144 cm³/mol. The van der Waals surface area contributed by atoms with Crippen LogP contribution in [0.3, 0.4) is 0 Å². The van der Waals surface area contributed by atoms with Gasteiger partial charge in [0.2, 0.25) is 0 Å². The lowest BCUT2D eigenvalue weighted by atomic mass is 9.67. The molecule has 0 bridgehead atoms. The molecule has 0 unspecified atom stereocenters. The average molecular weight is 453 g/mol. The number of hydrogen-bond acceptors (Lipinski definition) is 1. The first kappa shape index (κ1) is 18.0. The predicted octanol–water partition coefficient (Wildman–Crippen LogP) is 5.85. The van der Waals surface area contributed by atoms with E-state index in [0.717, 1.165) is 0 Å². The van der Waals surface area contributed by atoms with E-state index in [1.807, 2.05) is 11.3 Å². The van der Waals surface area contributed by atoms with Gasteiger partial charge in [-0.1, -0.05) is 107 Å². The molecule has 33 heavy (non-hydrogen) atoms. The lowest BCUT2D eigenvalue weighted by Crippen LogP contribution is -2.48. The highest BCUT2D eigenvalue weighted by molar-refractivity contribution is 7.25. The lowest BCUT2D eigenvalue weighted by Gasteiger charge is -2.40. The molecular formula is C31H20SSi. The van der Waals surface area contributed by atoms with Crippen molar-refractivity contribution in [1.82, 2.24) is 0 Å². The van der Waals surface area contributed by atoms with E-state index >= 15 is 0 Å². The molecule has 5 aromatic carbocycles. The molecule has 0 saturated heterocycles. The molecule has 1 spiro atoms. The third-order valence-corrected chi connectivity index (χ3v) is 10.9. The molecule has 0 radical (unpaired) electrons. The van der Waals surface area contributed by atoms with Crippen molar-refractivity contribution in [2.45, 2.75) is 5.41 Å². The standard InChI is InChI=1S/C31H20SSi/c1-4-12-23-19(9-1)20-10-2-5-13-24(20)31(23)25-14-6-8-16-29(25)33-30-17-22-21-11-3-7-15-27(21)32-28(22)18-26(30)31/h1-18H,33H2. The Morgan fingerprint density at radius 3 is 1.91 bits per heavy atom. The van der Waals surface area contributed by atoms with Crippen molar-refractivity contribution in [2.75, 3.05) is 0 Å². The Morgan fingerprint density at radius 2 is 1.12 bits per heavy atom. The highest BCUT2D eigenvalue weighted by atomic mass is 32.1. The summed E-state index contributed by atoms with van der Waals surface area (Å²) in [4.78, 5) is 0. The lowest BCUT2D eigenvalue weighted by molar-refractivity contribution is 0.777. The van der Waals surface area contributed by atoms with Crippen LogP contribution in [0.25, 0.3) is 31.3 Å². The fourth-order valence-corrected chi connectivity index (χ4v) is 9.75. The van der Waals surface area contributed by atoms with E-state index in [0.29, 0.717) is 0 Å². The summed E-state index contributed by atoms with van der Waals surface area (Å²) >= 11 is 1.94. The van der Waals surface area contributed by atoms with Gasteiger partial charge in [0.1, 0.15) is 0 Å². The number of rotatable bonds is 0. The first-order valence-electron chi connectivity index (χ1n) is 11.6. The van der Waals surface area contributed by atoms with Gasteiger partial charge in [-0.15, -0.1) is 11.3 Å². The van der Waals surface area contributed by atoms with E-state index < -0.39 is 9.52 Å². The van der Waals surface area contributed by atoms with Crippen LogP contribution in [0.5, 0.6) is 0 Å². The zero-order valence-electron chi connectivity index (χ0n) is 18.0. The SMILES string of the molecule is c1ccc2c(c1)[SiH2]c1cc3c(cc1C21c2ccccc2-c2ccccc21)sc1ccccc13. The molecule has 0 nitrogen and oxygen atoms in total. The molecule has 0 atom stereocenters. The van der Waals surface area contributed by atoms with Gasteiger partial charge in [0.15, 0.2) is 0 Å². The van der Waals surface area contributed by atoms with Gasteiger partial charge < -0.3 is 0 Å². The monoisotopic (exact) mass is 452 g/mol. The maximum Gasteiger partial charge on any atom is 0.0884 e. The Labute approximate surface area is 199 Å². The molecule has 1 aliphatic heterocycles. The van der Waals surface area contributed by atoms with Crippen molar-refractivity contribution in [3.05, 3.63) is 131 Å². The molecule has 0 fully saturated rings. The largest absolute Gasteiger partial charge is 0.135 e. The van der Waals surface area contributed by atoms with Gasteiger partial charge in [0.05, 0.1) is 14.9 Å². The third-order valence-electron chi connectivity index (χ3n) is 7.76. The summed E-state index contributed by atoms with van der Waals surface area (Å²) in [7, 11) is -0.583. The second kappa shape index (κ2) is 6.32. The van der Waals surface area contributed by atoms with Crippen LogP contribution in [-0.4, -0.2) is 9.52 Å². The Hall–Kier alpha value is -3.46. The quantitative estimate of drug-likeness (QED) is 0.253. The van der Waals surface area contributed by atoms with E-state index in [4.69, 9.17) is 0 Å². The first-order chi connectivity index (χ1) is 16.4. The van der Waals surface area contributed by atoms with Crippen LogP contribution < -0.4 is 10.4 Å². The minimum Gasteiger partial charge on any atom is -0.135 e. The molecule has 1 aromatic heterocycles. The summed E-state index contributed by atoms with van der Waals surface area (Å²) in [6.45, 7) is 0. The Balaban J connectivity index is 1.59. The van der Waals surface area contributed by atoms with Crippen molar-refractivity contribution in [3.8, 4) is 11.1 Å². The van der Waals surface area contributed by atoms with Gasteiger partial charge in [-0.25, -0.2) is 0 Å². The van der Waals surface area contributed by atoms with Crippen molar-refractivity contribution in [1.29, 1.82) is 0 Å². The van der Waals surface area contributed by atoms with Gasteiger partial charge in [0, 0.05) is 20.2 Å². The van der Waals surface area contributed by atoms with Gasteiger partial charge in [0.25, 0.3) is 0 Å². The topological polar surface area (TPSA) is 0 Å². The van der Waals surface area contributed by atoms with E-state index in [2.05, 4.69) is 109 Å². The van der Waals surface area contributed by atoms with Crippen LogP contribution in [0.1, 0.15) is 22.3 Å². The zero-order chi connectivity index (χ0) is 21.6. The molecule has 2 heteroatoms. The van der Waals surface area contributed by atoms with E-state index in [1.165, 1.54) is 53.6 Å². The van der Waals surface area contributed by atoms with Crippen LogP contribution >= 0.6 is 11.3 Å². The Kier molecular flexibility index (Phi) is 3.45. The molecule has 6 aromatic rings. The van der Waals surface area contributed by atoms with E-state index in [1.54, 1.807) is 10.4 Å². The first-order valence-corrected chi connectivity index (χ1v) is 13.8. The summed E-state index contributed by atoms with van der Waals surface area (Å²) in [6.07, 6.45) is 0. The number of fused-ring (bicyclic) bond motifs is 12. The van der Waals surface area contributed by atoms with Gasteiger partial charge in [-0.3, -0.25) is 0 Å². The summed E-state index contributed by atoms with van der Waals surface area (Å²) in [6, 6.07) is 41.4. The number of hydrogen-bond donors (Lipinski definition) is 0. The van der Waals surface area contributed by atoms with E-state index in [-0.39, 0.29) is 5.41 Å². The van der Waals surface area contributed by atoms with Crippen molar-refractivity contribution in [2.24, 2.45) is 0 Å². The van der Waals surface area contributed by atoms with Crippen LogP contribution in [0, 0.1) is 0 Å². The molecule has 0 amide bonds. The fourth-order valence-electron chi connectivity index (χ4n) is 6.52. The van der Waals surface area contributed by atoms with Gasteiger partial charge in [-0.2, -0.15) is 0 Å². The smallest absolute Gasteiger partial charge is 0.0884 e. The summed E-state index contributed by atoms with van der Waals surface area (Å²) in [5.74, 6) is 0. The van der Waals surface area contributed by atoms with Gasteiger partial charge in [-0.05, 0) is 45.5 Å². The second-order valence-electron chi connectivity index (χ2n) is 9.28. The molecule has 2 heterocycles. The summed E-state index contributed by atoms with van der Waals surface area (Å²) in [5.41, 5.74) is 8.44. The average Bonchev–Trinajstić information content (AvgIpc) is 3.37. The van der Waals surface area contributed by atoms with Crippen LogP contribution in [-0.2, 0) is 5.41 Å². The van der Waals surface area contributed by atoms with Crippen LogP contribution in [0.4, 0.5) is 0 Å². The zero-order valence-corrected chi connectivity index (χ0v) is 20.2. The second-order valence-corrected chi connectivity index (χ2v) is 12.2.